The summed E-state index contributed by atoms with van der Waals surface area (Å²) in [5.74, 6) is 0.0137. The summed E-state index contributed by atoms with van der Waals surface area (Å²) in [6.45, 7) is 5.53. The molecule has 0 aromatic heterocycles. The van der Waals surface area contributed by atoms with Crippen LogP contribution in [0.5, 0.6) is 5.75 Å². The molecule has 9 heteroatoms. The van der Waals surface area contributed by atoms with E-state index in [9.17, 15) is 9.59 Å². The monoisotopic (exact) mass is 473 g/mol. The van der Waals surface area contributed by atoms with Crippen molar-refractivity contribution in [2.75, 3.05) is 19.8 Å². The van der Waals surface area contributed by atoms with E-state index in [1.807, 2.05) is 6.92 Å². The molecule has 0 aliphatic carbocycles. The molecule has 1 aromatic carbocycles. The number of carbonyl (C=O) groups is 2. The lowest BCUT2D eigenvalue weighted by atomic mass is 10.2. The van der Waals surface area contributed by atoms with Gasteiger partial charge in [0, 0.05) is 12.2 Å². The number of halogens is 1. The summed E-state index contributed by atoms with van der Waals surface area (Å²) in [6.07, 6.45) is 4.72. The number of hydrogen-bond acceptors (Lipinski definition) is 5. The van der Waals surface area contributed by atoms with Crippen LogP contribution < -0.4 is 20.9 Å². The van der Waals surface area contributed by atoms with Crippen LogP contribution in [-0.4, -0.2) is 36.7 Å². The van der Waals surface area contributed by atoms with E-state index in [2.05, 4.69) is 39.0 Å². The molecule has 1 rings (SSSR count). The van der Waals surface area contributed by atoms with Gasteiger partial charge in [-0.15, -0.1) is 0 Å². The number of amides is 2. The highest BCUT2D eigenvalue weighted by atomic mass is 79.9. The number of ether oxygens (including phenoxy) is 2. The smallest absolute Gasteiger partial charge is 0.257 e. The lowest BCUT2D eigenvalue weighted by Crippen LogP contribution is -2.48. The molecule has 1 aromatic rings. The molecule has 0 fully saturated rings. The van der Waals surface area contributed by atoms with Gasteiger partial charge in [-0.2, -0.15) is 0 Å². The van der Waals surface area contributed by atoms with E-state index in [1.54, 1.807) is 18.2 Å². The van der Waals surface area contributed by atoms with Crippen LogP contribution in [0.4, 0.5) is 0 Å². The molecule has 2 amide bonds. The molecular weight excluding hydrogens is 446 g/mol. The first-order chi connectivity index (χ1) is 13.5. The Balaban J connectivity index is 2.41. The minimum atomic E-state index is -0.392. The number of unbranched alkanes of at least 4 members (excludes halogenated alkanes) is 3. The first-order valence-corrected chi connectivity index (χ1v) is 10.6. The Morgan fingerprint density at radius 2 is 1.89 bits per heavy atom. The number of carbonyl (C=O) groups excluding carboxylic acids is 2. The maximum atomic E-state index is 12.3. The predicted octanol–water partition coefficient (Wildman–Crippen LogP) is 3.47. The lowest BCUT2D eigenvalue weighted by Gasteiger charge is -2.12. The fourth-order valence-electron chi connectivity index (χ4n) is 2.17. The molecule has 0 aliphatic rings. The Labute approximate surface area is 180 Å². The molecule has 0 saturated carbocycles. The van der Waals surface area contributed by atoms with Crippen molar-refractivity contribution < 1.29 is 19.1 Å². The second-order valence-electron chi connectivity index (χ2n) is 5.96. The average Bonchev–Trinajstić information content (AvgIpc) is 2.67. The van der Waals surface area contributed by atoms with Gasteiger partial charge in [-0.3, -0.25) is 25.8 Å². The first-order valence-electron chi connectivity index (χ1n) is 9.38. The van der Waals surface area contributed by atoms with Gasteiger partial charge in [0.25, 0.3) is 5.91 Å². The van der Waals surface area contributed by atoms with Crippen LogP contribution in [0.2, 0.25) is 0 Å². The van der Waals surface area contributed by atoms with Crippen molar-refractivity contribution in [1.29, 1.82) is 0 Å². The van der Waals surface area contributed by atoms with Gasteiger partial charge in [0.15, 0.2) is 5.11 Å². The zero-order chi connectivity index (χ0) is 20.8. The van der Waals surface area contributed by atoms with Crippen molar-refractivity contribution in [3.05, 3.63) is 28.2 Å². The largest absolute Gasteiger partial charge is 0.492 e. The van der Waals surface area contributed by atoms with Crippen molar-refractivity contribution in [3.8, 4) is 5.75 Å². The van der Waals surface area contributed by atoms with Crippen LogP contribution in [0.25, 0.3) is 0 Å². The van der Waals surface area contributed by atoms with Crippen LogP contribution in [-0.2, 0) is 9.53 Å². The number of benzene rings is 1. The van der Waals surface area contributed by atoms with Gasteiger partial charge < -0.3 is 9.47 Å². The van der Waals surface area contributed by atoms with Crippen molar-refractivity contribution in [1.82, 2.24) is 16.2 Å². The molecule has 0 heterocycles. The number of hydrazine groups is 1. The van der Waals surface area contributed by atoms with E-state index in [4.69, 9.17) is 21.7 Å². The SMILES string of the molecule is CCCCCCOc1ccc(C(=O)NC(=S)NNC(=O)CCOCC)cc1Br. The van der Waals surface area contributed by atoms with E-state index in [0.29, 0.717) is 35.6 Å². The topological polar surface area (TPSA) is 88.7 Å². The Morgan fingerprint density at radius 1 is 1.11 bits per heavy atom. The summed E-state index contributed by atoms with van der Waals surface area (Å²) in [4.78, 5) is 23.8. The molecule has 0 unspecified atom stereocenters. The van der Waals surface area contributed by atoms with Gasteiger partial charge in [-0.05, 0) is 59.7 Å². The second kappa shape index (κ2) is 14.3. The summed E-state index contributed by atoms with van der Waals surface area (Å²) < 4.78 is 11.5. The highest BCUT2D eigenvalue weighted by molar-refractivity contribution is 9.10. The molecular formula is C19H28BrN3O4S. The zero-order valence-corrected chi connectivity index (χ0v) is 18.7. The molecule has 156 valence electrons. The standard InChI is InChI=1S/C19H28BrN3O4S/c1-3-5-6-7-11-27-16-9-8-14(13-15(16)20)18(25)21-19(28)23-22-17(24)10-12-26-4-2/h8-9,13H,3-7,10-12H2,1-2H3,(H,22,24)(H2,21,23,25,28). The third kappa shape index (κ3) is 10.0. The normalized spacial score (nSPS) is 10.2. The highest BCUT2D eigenvalue weighted by Crippen LogP contribution is 2.26. The van der Waals surface area contributed by atoms with Crippen LogP contribution in [0, 0.1) is 0 Å². The maximum absolute atomic E-state index is 12.3. The molecule has 3 N–H and O–H groups in total. The Bertz CT molecular complexity index is 658. The first kappa shape index (κ1) is 24.3. The molecule has 0 saturated heterocycles. The quantitative estimate of drug-likeness (QED) is 0.259. The van der Waals surface area contributed by atoms with Crippen LogP contribution >= 0.6 is 28.1 Å². The Hall–Kier alpha value is -1.71. The average molecular weight is 474 g/mol. The summed E-state index contributed by atoms with van der Waals surface area (Å²) in [5, 5.41) is 2.51. The van der Waals surface area contributed by atoms with Gasteiger partial charge in [0.1, 0.15) is 5.75 Å². The minimum Gasteiger partial charge on any atom is -0.492 e. The van der Waals surface area contributed by atoms with Crippen molar-refractivity contribution in [2.24, 2.45) is 0 Å². The van der Waals surface area contributed by atoms with Crippen LogP contribution in [0.3, 0.4) is 0 Å². The Kier molecular flexibility index (Phi) is 12.4. The summed E-state index contributed by atoms with van der Waals surface area (Å²) in [7, 11) is 0. The van der Waals surface area contributed by atoms with Gasteiger partial charge in [-0.1, -0.05) is 26.2 Å². The number of nitrogens with one attached hydrogen (secondary N) is 3. The molecule has 0 atom stereocenters. The minimum absolute atomic E-state index is 0.00198. The molecule has 0 bridgehead atoms. The molecule has 0 radical (unpaired) electrons. The zero-order valence-electron chi connectivity index (χ0n) is 16.3. The van der Waals surface area contributed by atoms with Crippen LogP contribution in [0.1, 0.15) is 56.3 Å². The number of thiocarbonyl (C=S) groups is 1. The third-order valence-corrected chi connectivity index (χ3v) is 4.49. The third-order valence-electron chi connectivity index (χ3n) is 3.67. The van der Waals surface area contributed by atoms with Crippen LogP contribution in [0.15, 0.2) is 22.7 Å². The summed E-state index contributed by atoms with van der Waals surface area (Å²) in [6, 6.07) is 5.07. The van der Waals surface area contributed by atoms with E-state index in [0.717, 1.165) is 12.8 Å². The fourth-order valence-corrected chi connectivity index (χ4v) is 2.81. The van der Waals surface area contributed by atoms with Crippen molar-refractivity contribution in [3.63, 3.8) is 0 Å². The summed E-state index contributed by atoms with van der Waals surface area (Å²) >= 11 is 8.43. The maximum Gasteiger partial charge on any atom is 0.257 e. The number of hydrogen-bond donors (Lipinski definition) is 3. The van der Waals surface area contributed by atoms with E-state index in [-0.39, 0.29) is 17.4 Å². The van der Waals surface area contributed by atoms with Gasteiger partial charge in [0.05, 0.1) is 24.1 Å². The van der Waals surface area contributed by atoms with E-state index in [1.165, 1.54) is 12.8 Å². The van der Waals surface area contributed by atoms with Crippen molar-refractivity contribution in [2.45, 2.75) is 46.0 Å². The second-order valence-corrected chi connectivity index (χ2v) is 7.22. The molecule has 0 spiro atoms. The molecule has 28 heavy (non-hydrogen) atoms. The van der Waals surface area contributed by atoms with Gasteiger partial charge in [-0.25, -0.2) is 0 Å². The highest BCUT2D eigenvalue weighted by Gasteiger charge is 2.11. The molecule has 7 nitrogen and oxygen atoms in total. The molecule has 0 aliphatic heterocycles. The predicted molar refractivity (Wildman–Crippen MR) is 116 cm³/mol. The van der Waals surface area contributed by atoms with E-state index < -0.39 is 5.91 Å². The number of rotatable bonds is 11. The Morgan fingerprint density at radius 3 is 2.57 bits per heavy atom. The fraction of sp³-hybridized carbons (Fsp3) is 0.526. The van der Waals surface area contributed by atoms with Gasteiger partial charge in [0.2, 0.25) is 5.91 Å². The van der Waals surface area contributed by atoms with Gasteiger partial charge >= 0.3 is 0 Å². The lowest BCUT2D eigenvalue weighted by molar-refractivity contribution is -0.122. The van der Waals surface area contributed by atoms with E-state index >= 15 is 0 Å². The summed E-state index contributed by atoms with van der Waals surface area (Å²) in [5.41, 5.74) is 5.30. The van der Waals surface area contributed by atoms with Crippen molar-refractivity contribution >= 4 is 45.1 Å².